The van der Waals surface area contributed by atoms with Crippen molar-refractivity contribution in [3.63, 3.8) is 0 Å². The number of benzene rings is 1. The van der Waals surface area contributed by atoms with Crippen molar-refractivity contribution in [2.24, 2.45) is 11.1 Å². The van der Waals surface area contributed by atoms with Crippen LogP contribution in [0.5, 0.6) is 5.75 Å². The molecule has 0 aromatic heterocycles. The molecule has 0 atom stereocenters. The minimum absolute atomic E-state index is 0.257. The van der Waals surface area contributed by atoms with Crippen LogP contribution in [-0.4, -0.2) is 13.2 Å². The van der Waals surface area contributed by atoms with Gasteiger partial charge in [0, 0.05) is 0 Å². The van der Waals surface area contributed by atoms with E-state index in [2.05, 4.69) is 52.8 Å². The van der Waals surface area contributed by atoms with Crippen LogP contribution in [0.15, 0.2) is 18.2 Å². The van der Waals surface area contributed by atoms with E-state index in [0.29, 0.717) is 5.92 Å². The summed E-state index contributed by atoms with van der Waals surface area (Å²) in [4.78, 5) is 0. The lowest BCUT2D eigenvalue weighted by molar-refractivity contribution is 0.277. The molecule has 0 aliphatic rings. The van der Waals surface area contributed by atoms with E-state index in [1.54, 1.807) is 0 Å². The second-order valence-corrected chi connectivity index (χ2v) is 6.85. The number of nitrogens with two attached hydrogens (primary N) is 1. The maximum Gasteiger partial charge on any atom is 0.122 e. The fraction of sp³-hybridized carbons (Fsp3) is 0.667. The zero-order valence-corrected chi connectivity index (χ0v) is 13.8. The summed E-state index contributed by atoms with van der Waals surface area (Å²) in [6.45, 7) is 12.5. The molecular weight excluding hydrogens is 246 g/mol. The second kappa shape index (κ2) is 7.68. The SMILES string of the molecule is Cc1ccc(C(C)C)cc1OCCCCC(C)(C)CN. The van der Waals surface area contributed by atoms with Gasteiger partial charge in [0.05, 0.1) is 6.61 Å². The van der Waals surface area contributed by atoms with Gasteiger partial charge in [-0.3, -0.25) is 0 Å². The first-order valence-electron chi connectivity index (χ1n) is 7.79. The molecule has 2 heteroatoms. The molecule has 1 rings (SSSR count). The molecular formula is C18H31NO. The number of unbranched alkanes of at least 4 members (excludes halogenated alkanes) is 1. The molecule has 20 heavy (non-hydrogen) atoms. The molecule has 2 nitrogen and oxygen atoms in total. The van der Waals surface area contributed by atoms with Gasteiger partial charge in [-0.15, -0.1) is 0 Å². The topological polar surface area (TPSA) is 35.2 Å². The molecule has 0 unspecified atom stereocenters. The number of aryl methyl sites for hydroxylation is 1. The highest BCUT2D eigenvalue weighted by Gasteiger charge is 2.14. The quantitative estimate of drug-likeness (QED) is 0.702. The maximum absolute atomic E-state index is 5.94. The van der Waals surface area contributed by atoms with Gasteiger partial charge in [0.2, 0.25) is 0 Å². The molecule has 0 radical (unpaired) electrons. The first-order valence-corrected chi connectivity index (χ1v) is 7.79. The van der Waals surface area contributed by atoms with Crippen LogP contribution < -0.4 is 10.5 Å². The molecule has 0 fully saturated rings. The third kappa shape index (κ3) is 5.54. The predicted molar refractivity (Wildman–Crippen MR) is 87.4 cm³/mol. The molecule has 1 aromatic rings. The third-order valence-corrected chi connectivity index (χ3v) is 3.94. The van der Waals surface area contributed by atoms with Gasteiger partial charge in [-0.05, 0) is 61.3 Å². The van der Waals surface area contributed by atoms with E-state index in [1.165, 1.54) is 17.5 Å². The Morgan fingerprint density at radius 1 is 1.20 bits per heavy atom. The Morgan fingerprint density at radius 2 is 1.90 bits per heavy atom. The van der Waals surface area contributed by atoms with Gasteiger partial charge in [-0.2, -0.15) is 0 Å². The number of rotatable bonds is 8. The minimum atomic E-state index is 0.257. The summed E-state index contributed by atoms with van der Waals surface area (Å²) in [7, 11) is 0. The number of ether oxygens (including phenoxy) is 1. The van der Waals surface area contributed by atoms with Gasteiger partial charge < -0.3 is 10.5 Å². The van der Waals surface area contributed by atoms with E-state index in [0.717, 1.165) is 31.7 Å². The molecule has 114 valence electrons. The number of hydrogen-bond acceptors (Lipinski definition) is 2. The third-order valence-electron chi connectivity index (χ3n) is 3.94. The van der Waals surface area contributed by atoms with Crippen molar-refractivity contribution in [1.82, 2.24) is 0 Å². The van der Waals surface area contributed by atoms with Crippen LogP contribution in [0.4, 0.5) is 0 Å². The molecule has 0 saturated carbocycles. The summed E-state index contributed by atoms with van der Waals surface area (Å²) in [5.41, 5.74) is 8.56. The van der Waals surface area contributed by atoms with Gasteiger partial charge in [0.15, 0.2) is 0 Å². The van der Waals surface area contributed by atoms with Crippen LogP contribution in [0, 0.1) is 12.3 Å². The molecule has 0 saturated heterocycles. The molecule has 0 aliphatic carbocycles. The maximum atomic E-state index is 5.94. The summed E-state index contributed by atoms with van der Waals surface area (Å²) < 4.78 is 5.94. The molecule has 0 aliphatic heterocycles. The molecule has 0 spiro atoms. The Labute approximate surface area is 124 Å². The Hall–Kier alpha value is -1.02. The van der Waals surface area contributed by atoms with Crippen LogP contribution in [0.25, 0.3) is 0 Å². The molecule has 1 aromatic carbocycles. The highest BCUT2D eigenvalue weighted by molar-refractivity contribution is 5.37. The lowest BCUT2D eigenvalue weighted by Crippen LogP contribution is -2.23. The fourth-order valence-electron chi connectivity index (χ4n) is 2.12. The first-order chi connectivity index (χ1) is 9.35. The summed E-state index contributed by atoms with van der Waals surface area (Å²) in [5, 5.41) is 0. The number of hydrogen-bond donors (Lipinski definition) is 1. The van der Waals surface area contributed by atoms with Gasteiger partial charge in [0.25, 0.3) is 0 Å². The lowest BCUT2D eigenvalue weighted by atomic mass is 9.87. The van der Waals surface area contributed by atoms with E-state index in [4.69, 9.17) is 10.5 Å². The van der Waals surface area contributed by atoms with Crippen LogP contribution >= 0.6 is 0 Å². The molecule has 0 amide bonds. The average molecular weight is 277 g/mol. The average Bonchev–Trinajstić information content (AvgIpc) is 2.40. The van der Waals surface area contributed by atoms with Crippen molar-refractivity contribution in [1.29, 1.82) is 0 Å². The predicted octanol–water partition coefficient (Wildman–Crippen LogP) is 4.65. The summed E-state index contributed by atoms with van der Waals surface area (Å²) in [6, 6.07) is 6.53. The first kappa shape index (κ1) is 17.0. The Kier molecular flexibility index (Phi) is 6.54. The van der Waals surface area contributed by atoms with E-state index >= 15 is 0 Å². The van der Waals surface area contributed by atoms with E-state index < -0.39 is 0 Å². The summed E-state index contributed by atoms with van der Waals surface area (Å²) in [5.74, 6) is 1.58. The van der Waals surface area contributed by atoms with Crippen molar-refractivity contribution in [2.45, 2.75) is 59.8 Å². The minimum Gasteiger partial charge on any atom is -0.493 e. The zero-order valence-electron chi connectivity index (χ0n) is 13.8. The van der Waals surface area contributed by atoms with Gasteiger partial charge in [-0.25, -0.2) is 0 Å². The van der Waals surface area contributed by atoms with Crippen molar-refractivity contribution in [3.05, 3.63) is 29.3 Å². The highest BCUT2D eigenvalue weighted by Crippen LogP contribution is 2.25. The van der Waals surface area contributed by atoms with Gasteiger partial charge in [0.1, 0.15) is 5.75 Å². The zero-order chi connectivity index (χ0) is 15.2. The largest absolute Gasteiger partial charge is 0.493 e. The van der Waals surface area contributed by atoms with Crippen molar-refractivity contribution >= 4 is 0 Å². The second-order valence-electron chi connectivity index (χ2n) is 6.85. The Balaban J connectivity index is 2.40. The smallest absolute Gasteiger partial charge is 0.122 e. The van der Waals surface area contributed by atoms with Gasteiger partial charge in [-0.1, -0.05) is 39.8 Å². The van der Waals surface area contributed by atoms with Crippen molar-refractivity contribution < 1.29 is 4.74 Å². The Morgan fingerprint density at radius 3 is 2.50 bits per heavy atom. The van der Waals surface area contributed by atoms with Crippen molar-refractivity contribution in [3.8, 4) is 5.75 Å². The molecule has 2 N–H and O–H groups in total. The van der Waals surface area contributed by atoms with Crippen LogP contribution in [0.1, 0.15) is 64.0 Å². The molecule has 0 bridgehead atoms. The summed E-state index contributed by atoms with van der Waals surface area (Å²) in [6.07, 6.45) is 3.43. The van der Waals surface area contributed by atoms with E-state index in [1.807, 2.05) is 0 Å². The monoisotopic (exact) mass is 277 g/mol. The Bertz CT molecular complexity index is 410. The highest BCUT2D eigenvalue weighted by atomic mass is 16.5. The molecule has 0 heterocycles. The lowest BCUT2D eigenvalue weighted by Gasteiger charge is -2.22. The van der Waals surface area contributed by atoms with Crippen LogP contribution in [0.3, 0.4) is 0 Å². The summed E-state index contributed by atoms with van der Waals surface area (Å²) >= 11 is 0. The van der Waals surface area contributed by atoms with Gasteiger partial charge >= 0.3 is 0 Å². The van der Waals surface area contributed by atoms with E-state index in [9.17, 15) is 0 Å². The van der Waals surface area contributed by atoms with E-state index in [-0.39, 0.29) is 5.41 Å². The van der Waals surface area contributed by atoms with Crippen LogP contribution in [0.2, 0.25) is 0 Å². The van der Waals surface area contributed by atoms with Crippen molar-refractivity contribution in [2.75, 3.05) is 13.2 Å². The van der Waals surface area contributed by atoms with Crippen LogP contribution in [-0.2, 0) is 0 Å². The normalized spacial score (nSPS) is 11.9. The fourth-order valence-corrected chi connectivity index (χ4v) is 2.12. The standard InChI is InChI=1S/C18H31NO/c1-14(2)16-9-8-15(3)17(12-16)20-11-7-6-10-18(4,5)13-19/h8-9,12,14H,6-7,10-11,13,19H2,1-5H3.